The standard InChI is InChI=1S/C23H21F3N4O5S.ClH/c24-19-11(1-2-12-9-30(21(33)18(12)19)14-3-4-16(31)29-20(14)32)8-27-22(34)35-10-17-28-13-5-6-23(25,26)7-15(13)36-17;/h1-2,14H,3-10H2,(H,27,34)(H,29,31,32);1H. The van der Waals surface area contributed by atoms with Crippen molar-refractivity contribution in [1.82, 2.24) is 20.5 Å². The van der Waals surface area contributed by atoms with Gasteiger partial charge in [-0.05, 0) is 18.4 Å². The number of halogens is 4. The van der Waals surface area contributed by atoms with Crippen LogP contribution in [-0.4, -0.2) is 45.7 Å². The molecular formula is C23H22ClF3N4O5S. The molecule has 1 saturated heterocycles. The van der Waals surface area contributed by atoms with Gasteiger partial charge in [0.05, 0.1) is 11.3 Å². The molecule has 2 N–H and O–H groups in total. The van der Waals surface area contributed by atoms with E-state index < -0.39 is 41.6 Å². The zero-order valence-electron chi connectivity index (χ0n) is 19.3. The molecule has 37 heavy (non-hydrogen) atoms. The van der Waals surface area contributed by atoms with Crippen LogP contribution in [0.2, 0.25) is 0 Å². The summed E-state index contributed by atoms with van der Waals surface area (Å²) in [6, 6.07) is 2.13. The molecule has 0 radical (unpaired) electrons. The summed E-state index contributed by atoms with van der Waals surface area (Å²) in [6.45, 7) is -0.428. The van der Waals surface area contributed by atoms with Crippen molar-refractivity contribution in [2.45, 2.75) is 63.8 Å². The van der Waals surface area contributed by atoms with Gasteiger partial charge in [0, 0.05) is 42.8 Å². The molecule has 0 saturated carbocycles. The van der Waals surface area contributed by atoms with E-state index in [0.717, 1.165) is 11.3 Å². The van der Waals surface area contributed by atoms with Crippen LogP contribution in [0.4, 0.5) is 18.0 Å². The SMILES string of the molecule is Cl.O=C1CCC(N2Cc3ccc(CNC(=O)OCc4nc5c(s4)CC(F)(F)CC5)c(F)c3C2=O)C(=O)N1. The van der Waals surface area contributed by atoms with Crippen LogP contribution in [0.5, 0.6) is 0 Å². The molecule has 14 heteroatoms. The monoisotopic (exact) mass is 558 g/mol. The minimum Gasteiger partial charge on any atom is -0.442 e. The quantitative estimate of drug-likeness (QED) is 0.545. The van der Waals surface area contributed by atoms with Crippen LogP contribution in [0.1, 0.15) is 56.3 Å². The summed E-state index contributed by atoms with van der Waals surface area (Å²) in [6.07, 6.45) is -1.07. The summed E-state index contributed by atoms with van der Waals surface area (Å²) in [5.74, 6) is -5.22. The number of aromatic nitrogens is 1. The van der Waals surface area contributed by atoms with Gasteiger partial charge in [0.25, 0.3) is 11.8 Å². The number of carbonyl (C=O) groups is 4. The number of hydrogen-bond acceptors (Lipinski definition) is 7. The molecule has 1 aromatic carbocycles. The van der Waals surface area contributed by atoms with E-state index in [1.54, 1.807) is 6.07 Å². The number of nitrogens with zero attached hydrogens (tertiary/aromatic N) is 2. The van der Waals surface area contributed by atoms with Gasteiger partial charge in [-0.1, -0.05) is 12.1 Å². The molecule has 1 aliphatic carbocycles. The molecule has 1 unspecified atom stereocenters. The van der Waals surface area contributed by atoms with Gasteiger partial charge in [-0.25, -0.2) is 22.9 Å². The van der Waals surface area contributed by atoms with Crippen molar-refractivity contribution >= 4 is 47.6 Å². The first kappa shape index (κ1) is 26.9. The number of thiazole rings is 1. The van der Waals surface area contributed by atoms with E-state index >= 15 is 4.39 Å². The van der Waals surface area contributed by atoms with E-state index in [4.69, 9.17) is 4.74 Å². The van der Waals surface area contributed by atoms with Crippen molar-refractivity contribution in [3.05, 3.63) is 50.2 Å². The van der Waals surface area contributed by atoms with Gasteiger partial charge in [-0.2, -0.15) is 0 Å². The maximum Gasteiger partial charge on any atom is 0.407 e. The van der Waals surface area contributed by atoms with E-state index in [1.807, 2.05) is 0 Å². The number of ether oxygens (including phenoxy) is 1. The number of nitrogens with one attached hydrogen (secondary N) is 2. The van der Waals surface area contributed by atoms with Crippen LogP contribution in [0.15, 0.2) is 12.1 Å². The second-order valence-electron chi connectivity index (χ2n) is 8.91. The fraction of sp³-hybridized carbons (Fsp3) is 0.435. The number of piperidine rings is 1. The Bertz CT molecular complexity index is 1290. The Hall–Kier alpha value is -3.19. The number of aryl methyl sites for hydroxylation is 1. The summed E-state index contributed by atoms with van der Waals surface area (Å²) in [5.41, 5.74) is 0.890. The van der Waals surface area contributed by atoms with Crippen molar-refractivity contribution in [2.75, 3.05) is 0 Å². The Morgan fingerprint density at radius 1 is 1.27 bits per heavy atom. The Morgan fingerprint density at radius 3 is 2.81 bits per heavy atom. The van der Waals surface area contributed by atoms with E-state index in [9.17, 15) is 28.0 Å². The number of carbonyl (C=O) groups excluding carboxylic acids is 4. The minimum absolute atomic E-state index is 0. The lowest BCUT2D eigenvalue weighted by atomic mass is 9.99. The average molecular weight is 559 g/mol. The zero-order valence-corrected chi connectivity index (χ0v) is 20.9. The molecule has 198 valence electrons. The first-order valence-electron chi connectivity index (χ1n) is 11.3. The summed E-state index contributed by atoms with van der Waals surface area (Å²) in [5, 5.41) is 5.00. The summed E-state index contributed by atoms with van der Waals surface area (Å²) in [4.78, 5) is 54.5. The van der Waals surface area contributed by atoms with E-state index in [-0.39, 0.29) is 75.3 Å². The molecule has 4 amide bonds. The molecule has 3 heterocycles. The van der Waals surface area contributed by atoms with Gasteiger partial charge in [-0.3, -0.25) is 19.7 Å². The van der Waals surface area contributed by atoms with E-state index in [2.05, 4.69) is 15.6 Å². The third-order valence-corrected chi connectivity index (χ3v) is 7.50. The fourth-order valence-electron chi connectivity index (χ4n) is 4.59. The lowest BCUT2D eigenvalue weighted by Gasteiger charge is -2.29. The van der Waals surface area contributed by atoms with Crippen LogP contribution < -0.4 is 10.6 Å². The van der Waals surface area contributed by atoms with Gasteiger partial charge in [-0.15, -0.1) is 23.7 Å². The van der Waals surface area contributed by atoms with Gasteiger partial charge in [0.2, 0.25) is 11.8 Å². The predicted molar refractivity (Wildman–Crippen MR) is 126 cm³/mol. The highest BCUT2D eigenvalue weighted by atomic mass is 35.5. The van der Waals surface area contributed by atoms with Crippen LogP contribution in [-0.2, 0) is 46.9 Å². The van der Waals surface area contributed by atoms with Crippen molar-refractivity contribution in [2.24, 2.45) is 0 Å². The molecule has 3 aliphatic rings. The molecule has 1 fully saturated rings. The number of alkyl halides is 2. The molecule has 5 rings (SSSR count). The van der Waals surface area contributed by atoms with Gasteiger partial charge in [0.1, 0.15) is 23.5 Å². The van der Waals surface area contributed by atoms with Gasteiger partial charge in [0.15, 0.2) is 0 Å². The van der Waals surface area contributed by atoms with Crippen LogP contribution in [0, 0.1) is 5.82 Å². The normalized spacial score (nSPS) is 20.0. The lowest BCUT2D eigenvalue weighted by Crippen LogP contribution is -2.52. The number of imide groups is 1. The summed E-state index contributed by atoms with van der Waals surface area (Å²) in [7, 11) is 0. The maximum atomic E-state index is 15.2. The first-order chi connectivity index (χ1) is 17.1. The van der Waals surface area contributed by atoms with E-state index in [1.165, 1.54) is 11.0 Å². The third-order valence-electron chi connectivity index (χ3n) is 6.43. The number of fused-ring (bicyclic) bond motifs is 2. The van der Waals surface area contributed by atoms with Gasteiger partial charge >= 0.3 is 6.09 Å². The van der Waals surface area contributed by atoms with Crippen LogP contribution in [0.3, 0.4) is 0 Å². The first-order valence-corrected chi connectivity index (χ1v) is 12.1. The number of hydrogen-bond donors (Lipinski definition) is 2. The van der Waals surface area contributed by atoms with E-state index in [0.29, 0.717) is 21.1 Å². The van der Waals surface area contributed by atoms with Crippen LogP contribution in [0.25, 0.3) is 0 Å². The third kappa shape index (κ3) is 5.42. The Morgan fingerprint density at radius 2 is 2.05 bits per heavy atom. The fourth-order valence-corrected chi connectivity index (χ4v) is 5.70. The molecule has 0 bridgehead atoms. The highest BCUT2D eigenvalue weighted by molar-refractivity contribution is 7.11. The largest absolute Gasteiger partial charge is 0.442 e. The van der Waals surface area contributed by atoms with Crippen LogP contribution >= 0.6 is 23.7 Å². The van der Waals surface area contributed by atoms with Crippen molar-refractivity contribution in [3.63, 3.8) is 0 Å². The second kappa shape index (κ2) is 10.3. The molecule has 2 aliphatic heterocycles. The molecule has 1 atom stereocenters. The topological polar surface area (TPSA) is 118 Å². The highest BCUT2D eigenvalue weighted by Gasteiger charge is 2.41. The minimum atomic E-state index is -2.75. The average Bonchev–Trinajstić information content (AvgIpc) is 3.37. The number of rotatable bonds is 5. The maximum absolute atomic E-state index is 15.2. The zero-order chi connectivity index (χ0) is 25.6. The molecular weight excluding hydrogens is 537 g/mol. The number of amides is 4. The molecule has 0 spiro atoms. The van der Waals surface area contributed by atoms with Crippen molar-refractivity contribution < 1.29 is 37.1 Å². The van der Waals surface area contributed by atoms with Crippen molar-refractivity contribution in [3.8, 4) is 0 Å². The Kier molecular flexibility index (Phi) is 7.47. The van der Waals surface area contributed by atoms with Crippen molar-refractivity contribution in [1.29, 1.82) is 0 Å². The smallest absolute Gasteiger partial charge is 0.407 e. The lowest BCUT2D eigenvalue weighted by molar-refractivity contribution is -0.136. The predicted octanol–water partition coefficient (Wildman–Crippen LogP) is 3.02. The highest BCUT2D eigenvalue weighted by Crippen LogP contribution is 2.36. The Labute approximate surface area is 219 Å². The van der Waals surface area contributed by atoms with Gasteiger partial charge < -0.3 is 15.0 Å². The Balaban J connectivity index is 0.00000320. The molecule has 9 nitrogen and oxygen atoms in total. The molecule has 2 aromatic rings. The molecule has 1 aromatic heterocycles. The number of alkyl carbamates (subject to hydrolysis) is 1. The second-order valence-corrected chi connectivity index (χ2v) is 10.1. The summed E-state index contributed by atoms with van der Waals surface area (Å²) >= 11 is 1.08. The summed E-state index contributed by atoms with van der Waals surface area (Å²) < 4.78 is 47.4. The number of benzene rings is 1.